The van der Waals surface area contributed by atoms with Crippen molar-refractivity contribution in [3.8, 4) is 0 Å². The molecule has 0 aliphatic carbocycles. The van der Waals surface area contributed by atoms with Crippen molar-refractivity contribution in [3.05, 3.63) is 46.4 Å². The van der Waals surface area contributed by atoms with Crippen molar-refractivity contribution in [2.45, 2.75) is 26.4 Å². The van der Waals surface area contributed by atoms with Gasteiger partial charge >= 0.3 is 5.97 Å². The van der Waals surface area contributed by atoms with Gasteiger partial charge in [-0.05, 0) is 19.9 Å². The van der Waals surface area contributed by atoms with Crippen molar-refractivity contribution in [2.75, 3.05) is 0 Å². The van der Waals surface area contributed by atoms with Gasteiger partial charge in [-0.2, -0.15) is 5.10 Å². The highest BCUT2D eigenvalue weighted by molar-refractivity contribution is 5.84. The molecule has 2 heterocycles. The van der Waals surface area contributed by atoms with E-state index < -0.39 is 5.97 Å². The molecular formula is C12H14N4O3. The maximum atomic E-state index is 11.7. The van der Waals surface area contributed by atoms with E-state index in [4.69, 9.17) is 5.11 Å². The van der Waals surface area contributed by atoms with Crippen molar-refractivity contribution in [3.63, 3.8) is 0 Å². The molecule has 0 fully saturated rings. The third-order valence-corrected chi connectivity index (χ3v) is 2.70. The predicted octanol–water partition coefficient (Wildman–Crippen LogP) is 0.767. The van der Waals surface area contributed by atoms with Crippen LogP contribution >= 0.6 is 0 Å². The van der Waals surface area contributed by atoms with Crippen molar-refractivity contribution in [2.24, 2.45) is 0 Å². The maximum absolute atomic E-state index is 11.7. The molecule has 2 rings (SSSR count). The van der Waals surface area contributed by atoms with E-state index in [1.807, 2.05) is 18.4 Å². The third-order valence-electron chi connectivity index (χ3n) is 2.70. The number of rotatable bonds is 4. The summed E-state index contributed by atoms with van der Waals surface area (Å²) < 4.78 is 3.03. The van der Waals surface area contributed by atoms with Gasteiger partial charge in [0.15, 0.2) is 5.69 Å². The molecule has 1 N–H and O–H groups in total. The lowest BCUT2D eigenvalue weighted by Gasteiger charge is -2.12. The normalized spacial score (nSPS) is 10.9. The summed E-state index contributed by atoms with van der Waals surface area (Å²) in [5, 5.41) is 12.7. The molecule has 0 radical (unpaired) electrons. The highest BCUT2D eigenvalue weighted by atomic mass is 16.4. The second kappa shape index (κ2) is 5.05. The van der Waals surface area contributed by atoms with Gasteiger partial charge in [0.25, 0.3) is 5.56 Å². The van der Waals surface area contributed by atoms with E-state index >= 15 is 0 Å². The fourth-order valence-corrected chi connectivity index (χ4v) is 1.75. The van der Waals surface area contributed by atoms with Crippen LogP contribution in [0.5, 0.6) is 0 Å². The number of carboxylic acid groups (broad SMARTS) is 1. The minimum absolute atomic E-state index is 0.157. The number of carboxylic acids is 1. The molecule has 0 aliphatic rings. The summed E-state index contributed by atoms with van der Waals surface area (Å²) in [5.41, 5.74) is 0.295. The molecule has 0 amide bonds. The summed E-state index contributed by atoms with van der Waals surface area (Å²) in [6.45, 7) is 4.18. The van der Waals surface area contributed by atoms with Crippen LogP contribution in [-0.4, -0.2) is 30.4 Å². The Kier molecular flexibility index (Phi) is 3.46. The molecule has 7 heteroatoms. The first-order valence-corrected chi connectivity index (χ1v) is 5.81. The van der Waals surface area contributed by atoms with Crippen LogP contribution in [0.15, 0.2) is 29.5 Å². The lowest BCUT2D eigenvalue weighted by molar-refractivity contribution is 0.0687. The number of hydrogen-bond acceptors (Lipinski definition) is 4. The summed E-state index contributed by atoms with van der Waals surface area (Å²) in [6.07, 6.45) is 3.31. The molecule has 100 valence electrons. The number of aromatic nitrogens is 4. The first kappa shape index (κ1) is 13.0. The highest BCUT2D eigenvalue weighted by Crippen LogP contribution is 2.09. The van der Waals surface area contributed by atoms with Gasteiger partial charge in [-0.1, -0.05) is 0 Å². The van der Waals surface area contributed by atoms with Crippen LogP contribution in [0.3, 0.4) is 0 Å². The Bertz CT molecular complexity index is 657. The largest absolute Gasteiger partial charge is 0.476 e. The van der Waals surface area contributed by atoms with Crippen LogP contribution in [0, 0.1) is 0 Å². The van der Waals surface area contributed by atoms with E-state index in [0.717, 1.165) is 10.4 Å². The first-order chi connectivity index (χ1) is 8.99. The lowest BCUT2D eigenvalue weighted by atomic mass is 10.3. The zero-order valence-electron chi connectivity index (χ0n) is 10.6. The topological polar surface area (TPSA) is 90.0 Å². The van der Waals surface area contributed by atoms with E-state index in [2.05, 4.69) is 10.1 Å². The van der Waals surface area contributed by atoms with Gasteiger partial charge in [0.1, 0.15) is 0 Å². The average molecular weight is 262 g/mol. The average Bonchev–Trinajstić information content (AvgIpc) is 2.80. The first-order valence-electron chi connectivity index (χ1n) is 5.81. The lowest BCUT2D eigenvalue weighted by Crippen LogP contribution is -2.26. The Morgan fingerprint density at radius 3 is 2.79 bits per heavy atom. The molecule has 0 atom stereocenters. The van der Waals surface area contributed by atoms with Crippen LogP contribution in [-0.2, 0) is 6.54 Å². The van der Waals surface area contributed by atoms with Gasteiger partial charge in [0.2, 0.25) is 0 Å². The van der Waals surface area contributed by atoms with Crippen molar-refractivity contribution in [1.82, 2.24) is 19.3 Å². The van der Waals surface area contributed by atoms with Gasteiger partial charge in [-0.3, -0.25) is 4.79 Å². The Balaban J connectivity index is 2.38. The second-order valence-electron chi connectivity index (χ2n) is 4.41. The number of aromatic carboxylic acids is 1. The van der Waals surface area contributed by atoms with Crippen LogP contribution in [0.25, 0.3) is 0 Å². The standard InChI is InChI=1S/C12H14N4O3/c1-8(2)15-7-13-5-9(15)6-16-11(17)4-3-10(14-16)12(18)19/h3-5,7-8H,6H2,1-2H3,(H,18,19). The molecule has 0 aliphatic heterocycles. The zero-order chi connectivity index (χ0) is 14.0. The number of hydrogen-bond donors (Lipinski definition) is 1. The second-order valence-corrected chi connectivity index (χ2v) is 4.41. The Labute approximate surface area is 109 Å². The van der Waals surface area contributed by atoms with Gasteiger partial charge in [0, 0.05) is 12.1 Å². The molecule has 2 aromatic rings. The molecule has 0 spiro atoms. The molecule has 7 nitrogen and oxygen atoms in total. The van der Waals surface area contributed by atoms with E-state index in [1.54, 1.807) is 12.5 Å². The molecule has 0 bridgehead atoms. The molecule has 0 unspecified atom stereocenters. The quantitative estimate of drug-likeness (QED) is 0.878. The summed E-state index contributed by atoms with van der Waals surface area (Å²) in [6, 6.07) is 2.60. The molecular weight excluding hydrogens is 248 g/mol. The molecule has 19 heavy (non-hydrogen) atoms. The van der Waals surface area contributed by atoms with E-state index in [-0.39, 0.29) is 23.8 Å². The van der Waals surface area contributed by atoms with Crippen molar-refractivity contribution < 1.29 is 9.90 Å². The van der Waals surface area contributed by atoms with Crippen LogP contribution in [0.4, 0.5) is 0 Å². The molecule has 2 aromatic heterocycles. The maximum Gasteiger partial charge on any atom is 0.356 e. The number of nitrogens with zero attached hydrogens (tertiary/aromatic N) is 4. The molecule has 0 aromatic carbocycles. The summed E-state index contributed by atoms with van der Waals surface area (Å²) in [4.78, 5) is 26.6. The summed E-state index contributed by atoms with van der Waals surface area (Å²) >= 11 is 0. The van der Waals surface area contributed by atoms with E-state index in [0.29, 0.717) is 0 Å². The van der Waals surface area contributed by atoms with Crippen LogP contribution in [0.1, 0.15) is 36.1 Å². The smallest absolute Gasteiger partial charge is 0.356 e. The third kappa shape index (κ3) is 2.70. The number of carbonyl (C=O) groups is 1. The van der Waals surface area contributed by atoms with E-state index in [9.17, 15) is 9.59 Å². The SMILES string of the molecule is CC(C)n1cncc1Cn1nc(C(=O)O)ccc1=O. The molecule has 0 saturated heterocycles. The summed E-state index contributed by atoms with van der Waals surface area (Å²) in [5.74, 6) is -1.16. The van der Waals surface area contributed by atoms with Gasteiger partial charge in [-0.25, -0.2) is 14.5 Å². The molecule has 0 saturated carbocycles. The predicted molar refractivity (Wildman–Crippen MR) is 67.2 cm³/mol. The summed E-state index contributed by atoms with van der Waals surface area (Å²) in [7, 11) is 0. The van der Waals surface area contributed by atoms with Crippen molar-refractivity contribution in [1.29, 1.82) is 0 Å². The van der Waals surface area contributed by atoms with Crippen LogP contribution in [0.2, 0.25) is 0 Å². The highest BCUT2D eigenvalue weighted by Gasteiger charge is 2.10. The number of imidazole rings is 1. The van der Waals surface area contributed by atoms with Gasteiger partial charge in [-0.15, -0.1) is 0 Å². The minimum atomic E-state index is -1.16. The van der Waals surface area contributed by atoms with Gasteiger partial charge in [0.05, 0.1) is 24.8 Å². The Hall–Kier alpha value is -2.44. The fourth-order valence-electron chi connectivity index (χ4n) is 1.75. The Morgan fingerprint density at radius 1 is 1.42 bits per heavy atom. The fraction of sp³-hybridized carbons (Fsp3) is 0.333. The van der Waals surface area contributed by atoms with Crippen molar-refractivity contribution >= 4 is 5.97 Å². The van der Waals surface area contributed by atoms with Gasteiger partial charge < -0.3 is 9.67 Å². The minimum Gasteiger partial charge on any atom is -0.476 e. The monoisotopic (exact) mass is 262 g/mol. The zero-order valence-corrected chi connectivity index (χ0v) is 10.6. The van der Waals surface area contributed by atoms with E-state index in [1.165, 1.54) is 12.1 Å². The van der Waals surface area contributed by atoms with Crippen LogP contribution < -0.4 is 5.56 Å². The Morgan fingerprint density at radius 2 is 2.16 bits per heavy atom.